The maximum Gasteiger partial charge on any atom is 0.220 e. The second-order valence-electron chi connectivity index (χ2n) is 3.53. The number of benzene rings is 1. The van der Waals surface area contributed by atoms with Crippen molar-refractivity contribution in [2.24, 2.45) is 5.73 Å². The van der Waals surface area contributed by atoms with Gasteiger partial charge in [0.2, 0.25) is 11.0 Å². The average molecular weight is 264 g/mol. The molecule has 0 aliphatic carbocycles. The van der Waals surface area contributed by atoms with Crippen LogP contribution in [0.3, 0.4) is 0 Å². The monoisotopic (exact) mass is 264 g/mol. The Morgan fingerprint density at radius 1 is 1.28 bits per heavy atom. The predicted octanol–water partition coefficient (Wildman–Crippen LogP) is 1.04. The van der Waals surface area contributed by atoms with Crippen LogP contribution in [-0.2, 0) is 4.79 Å². The van der Waals surface area contributed by atoms with Gasteiger partial charge in [-0.25, -0.2) is 0 Å². The Balaban J connectivity index is 1.99. The Morgan fingerprint density at radius 3 is 2.56 bits per heavy atom. The molecular weight excluding hydrogens is 252 g/mol. The summed E-state index contributed by atoms with van der Waals surface area (Å²) in [4.78, 5) is 10.5. The van der Waals surface area contributed by atoms with E-state index in [9.17, 15) is 4.79 Å². The number of primary amides is 1. The molecule has 4 N–H and O–H groups in total. The van der Waals surface area contributed by atoms with Gasteiger partial charge in [-0.05, 0) is 24.3 Å². The van der Waals surface area contributed by atoms with E-state index in [0.29, 0.717) is 10.9 Å². The molecule has 2 rings (SSSR count). The van der Waals surface area contributed by atoms with Crippen molar-refractivity contribution in [2.75, 3.05) is 12.3 Å². The molecule has 0 unspecified atom stereocenters. The first-order valence-electron chi connectivity index (χ1n) is 5.25. The minimum atomic E-state index is -0.379. The SMILES string of the molecule is NC(=O)CCOc1ccc(-c2nnc(N)s2)cc1. The Bertz CT molecular complexity index is 538. The summed E-state index contributed by atoms with van der Waals surface area (Å²) >= 11 is 1.32. The highest BCUT2D eigenvalue weighted by Gasteiger charge is 2.04. The normalized spacial score (nSPS) is 10.2. The molecule has 1 heterocycles. The molecule has 1 aromatic heterocycles. The summed E-state index contributed by atoms with van der Waals surface area (Å²) in [5, 5.41) is 8.89. The topological polar surface area (TPSA) is 104 Å². The molecule has 0 atom stereocenters. The van der Waals surface area contributed by atoms with E-state index in [4.69, 9.17) is 16.2 Å². The van der Waals surface area contributed by atoms with Crippen LogP contribution in [0, 0.1) is 0 Å². The van der Waals surface area contributed by atoms with Crippen LogP contribution in [0.1, 0.15) is 6.42 Å². The van der Waals surface area contributed by atoms with Crippen molar-refractivity contribution in [1.82, 2.24) is 10.2 Å². The lowest BCUT2D eigenvalue weighted by molar-refractivity contribution is -0.118. The van der Waals surface area contributed by atoms with Crippen LogP contribution in [0.15, 0.2) is 24.3 Å². The molecule has 0 saturated carbocycles. The largest absolute Gasteiger partial charge is 0.493 e. The minimum Gasteiger partial charge on any atom is -0.493 e. The number of aromatic nitrogens is 2. The summed E-state index contributed by atoms with van der Waals surface area (Å²) in [6.45, 7) is 0.278. The highest BCUT2D eigenvalue weighted by molar-refractivity contribution is 7.18. The van der Waals surface area contributed by atoms with Gasteiger partial charge in [-0.2, -0.15) is 0 Å². The van der Waals surface area contributed by atoms with E-state index >= 15 is 0 Å². The van der Waals surface area contributed by atoms with E-state index in [1.165, 1.54) is 11.3 Å². The lowest BCUT2D eigenvalue weighted by Gasteiger charge is -2.04. The van der Waals surface area contributed by atoms with Gasteiger partial charge in [0.1, 0.15) is 10.8 Å². The Hall–Kier alpha value is -2.15. The predicted molar refractivity (Wildman–Crippen MR) is 69.1 cm³/mol. The van der Waals surface area contributed by atoms with Gasteiger partial charge in [-0.3, -0.25) is 4.79 Å². The summed E-state index contributed by atoms with van der Waals surface area (Å²) in [6.07, 6.45) is 0.203. The lowest BCUT2D eigenvalue weighted by Crippen LogP contribution is -2.14. The minimum absolute atomic E-state index is 0.203. The zero-order valence-electron chi connectivity index (χ0n) is 9.50. The zero-order chi connectivity index (χ0) is 13.0. The average Bonchev–Trinajstić information content (AvgIpc) is 2.76. The molecule has 0 aliphatic rings. The number of nitrogens with two attached hydrogens (primary N) is 2. The number of rotatable bonds is 5. The van der Waals surface area contributed by atoms with Gasteiger partial charge in [-0.15, -0.1) is 10.2 Å². The summed E-state index contributed by atoms with van der Waals surface area (Å²) in [6, 6.07) is 7.32. The van der Waals surface area contributed by atoms with E-state index in [2.05, 4.69) is 10.2 Å². The smallest absolute Gasteiger partial charge is 0.220 e. The van der Waals surface area contributed by atoms with E-state index in [1.54, 1.807) is 12.1 Å². The Morgan fingerprint density at radius 2 is 2.00 bits per heavy atom. The van der Waals surface area contributed by atoms with Gasteiger partial charge in [0, 0.05) is 5.56 Å². The number of nitrogens with zero attached hydrogens (tertiary/aromatic N) is 2. The van der Waals surface area contributed by atoms with Crippen LogP contribution >= 0.6 is 11.3 Å². The number of anilines is 1. The van der Waals surface area contributed by atoms with Crippen LogP contribution < -0.4 is 16.2 Å². The van der Waals surface area contributed by atoms with E-state index < -0.39 is 0 Å². The van der Waals surface area contributed by atoms with Gasteiger partial charge >= 0.3 is 0 Å². The molecule has 1 amide bonds. The van der Waals surface area contributed by atoms with Crippen molar-refractivity contribution in [1.29, 1.82) is 0 Å². The van der Waals surface area contributed by atoms with Crippen molar-refractivity contribution in [3.63, 3.8) is 0 Å². The molecule has 0 saturated heterocycles. The molecule has 1 aromatic carbocycles. The van der Waals surface area contributed by atoms with Crippen LogP contribution in [0.25, 0.3) is 10.6 Å². The fraction of sp³-hybridized carbons (Fsp3) is 0.182. The van der Waals surface area contributed by atoms with Gasteiger partial charge in [-0.1, -0.05) is 11.3 Å². The summed E-state index contributed by atoms with van der Waals surface area (Å²) in [5.41, 5.74) is 11.5. The third kappa shape index (κ3) is 3.17. The van der Waals surface area contributed by atoms with Crippen molar-refractivity contribution in [3.05, 3.63) is 24.3 Å². The molecule has 6 nitrogen and oxygen atoms in total. The molecule has 0 fully saturated rings. The molecule has 94 valence electrons. The summed E-state index contributed by atoms with van der Waals surface area (Å²) in [7, 11) is 0. The van der Waals surface area contributed by atoms with Gasteiger partial charge in [0.25, 0.3) is 0 Å². The van der Waals surface area contributed by atoms with Gasteiger partial charge < -0.3 is 16.2 Å². The van der Waals surface area contributed by atoms with Gasteiger partial charge in [0.15, 0.2) is 0 Å². The fourth-order valence-electron chi connectivity index (χ4n) is 1.31. The number of amides is 1. The van der Waals surface area contributed by atoms with Crippen LogP contribution in [0.4, 0.5) is 5.13 Å². The van der Waals surface area contributed by atoms with Crippen molar-refractivity contribution in [3.8, 4) is 16.3 Å². The molecule has 0 bridgehead atoms. The maximum absolute atomic E-state index is 10.5. The Kier molecular flexibility index (Phi) is 3.73. The van der Waals surface area contributed by atoms with Crippen molar-refractivity contribution < 1.29 is 9.53 Å². The van der Waals surface area contributed by atoms with Crippen LogP contribution in [0.5, 0.6) is 5.75 Å². The lowest BCUT2D eigenvalue weighted by atomic mass is 10.2. The van der Waals surface area contributed by atoms with Gasteiger partial charge in [0.05, 0.1) is 13.0 Å². The maximum atomic E-state index is 10.5. The van der Waals surface area contributed by atoms with E-state index in [0.717, 1.165) is 10.6 Å². The second kappa shape index (κ2) is 5.46. The molecule has 0 spiro atoms. The summed E-state index contributed by atoms with van der Waals surface area (Å²) < 4.78 is 5.35. The van der Waals surface area contributed by atoms with Crippen LogP contribution in [0.2, 0.25) is 0 Å². The number of ether oxygens (including phenoxy) is 1. The third-order valence-corrected chi connectivity index (χ3v) is 2.96. The summed E-state index contributed by atoms with van der Waals surface area (Å²) in [5.74, 6) is 0.299. The number of hydrogen-bond acceptors (Lipinski definition) is 6. The number of nitrogen functional groups attached to an aromatic ring is 1. The Labute approximate surface area is 108 Å². The van der Waals surface area contributed by atoms with Crippen molar-refractivity contribution >= 4 is 22.4 Å². The van der Waals surface area contributed by atoms with Crippen molar-refractivity contribution in [2.45, 2.75) is 6.42 Å². The number of carbonyl (C=O) groups excluding carboxylic acids is 1. The standard InChI is InChI=1S/C11H12N4O2S/c12-9(16)5-6-17-8-3-1-7(2-4-8)10-14-15-11(13)18-10/h1-4H,5-6H2,(H2,12,16)(H2,13,15). The molecule has 7 heteroatoms. The number of carbonyl (C=O) groups is 1. The first kappa shape index (κ1) is 12.3. The third-order valence-electron chi connectivity index (χ3n) is 2.16. The molecule has 0 radical (unpaired) electrons. The highest BCUT2D eigenvalue weighted by atomic mass is 32.1. The zero-order valence-corrected chi connectivity index (χ0v) is 10.3. The van der Waals surface area contributed by atoms with Crippen LogP contribution in [-0.4, -0.2) is 22.7 Å². The quantitative estimate of drug-likeness (QED) is 0.839. The molecular formula is C11H12N4O2S. The molecule has 18 heavy (non-hydrogen) atoms. The van der Waals surface area contributed by atoms with E-state index in [-0.39, 0.29) is 18.9 Å². The fourth-order valence-corrected chi connectivity index (χ4v) is 1.93. The first-order valence-corrected chi connectivity index (χ1v) is 6.07. The first-order chi connectivity index (χ1) is 8.65. The molecule has 2 aromatic rings. The second-order valence-corrected chi connectivity index (χ2v) is 4.54. The van der Waals surface area contributed by atoms with E-state index in [1.807, 2.05) is 12.1 Å². The molecule has 0 aliphatic heterocycles. The number of hydrogen-bond donors (Lipinski definition) is 2. The highest BCUT2D eigenvalue weighted by Crippen LogP contribution is 2.26.